The molecule has 13 nitrogen and oxygen atoms in total. The number of ether oxygens (including phenoxy) is 2. The lowest BCUT2D eigenvalue weighted by Gasteiger charge is -2.41. The number of carbonyl (C=O) groups is 4. The van der Waals surface area contributed by atoms with Gasteiger partial charge in [-0.05, 0) is 101 Å². The molecule has 1 amide bonds. The molecular formula is C53H54N6O7. The summed E-state index contributed by atoms with van der Waals surface area (Å²) in [7, 11) is 1.54. The van der Waals surface area contributed by atoms with E-state index in [1.54, 1.807) is 43.0 Å². The fourth-order valence-corrected chi connectivity index (χ4v) is 8.40. The molecule has 1 aliphatic rings. The summed E-state index contributed by atoms with van der Waals surface area (Å²) in [5.74, 6) is -2.24. The van der Waals surface area contributed by atoms with Crippen LogP contribution < -0.4 is 26.8 Å². The van der Waals surface area contributed by atoms with Crippen molar-refractivity contribution in [3.8, 4) is 5.75 Å². The zero-order valence-electron chi connectivity index (χ0n) is 36.8. The van der Waals surface area contributed by atoms with Crippen LogP contribution in [0.25, 0.3) is 21.5 Å². The number of nitrogens with two attached hydrogens (primary N) is 2. The number of carbonyl (C=O) groups excluding carboxylic acids is 3. The molecule has 1 fully saturated rings. The van der Waals surface area contributed by atoms with Crippen LogP contribution in [0.5, 0.6) is 5.75 Å². The Hall–Kier alpha value is -7.48. The van der Waals surface area contributed by atoms with Gasteiger partial charge in [-0.2, -0.15) is 0 Å². The highest BCUT2D eigenvalue weighted by Crippen LogP contribution is 2.34. The van der Waals surface area contributed by atoms with Gasteiger partial charge in [0, 0.05) is 59.9 Å². The van der Waals surface area contributed by atoms with E-state index in [4.69, 9.17) is 26.0 Å². The van der Waals surface area contributed by atoms with Crippen molar-refractivity contribution in [2.45, 2.75) is 62.6 Å². The number of fused-ring (bicyclic) bond motifs is 2. The Balaban J connectivity index is 0.000000517. The van der Waals surface area contributed by atoms with Crippen molar-refractivity contribution in [1.82, 2.24) is 9.97 Å². The van der Waals surface area contributed by atoms with Gasteiger partial charge >= 0.3 is 11.9 Å². The summed E-state index contributed by atoms with van der Waals surface area (Å²) >= 11 is 0. The molecule has 2 heterocycles. The molecule has 0 bridgehead atoms. The van der Waals surface area contributed by atoms with Crippen molar-refractivity contribution in [3.63, 3.8) is 0 Å². The summed E-state index contributed by atoms with van der Waals surface area (Å²) in [6.45, 7) is -0.193. The minimum absolute atomic E-state index is 0.0577. The van der Waals surface area contributed by atoms with E-state index in [2.05, 4.69) is 20.6 Å². The number of aromatic nitrogens is 2. The number of benzene rings is 5. The predicted octanol–water partition coefficient (Wildman–Crippen LogP) is 8.47. The van der Waals surface area contributed by atoms with Crippen LogP contribution >= 0.6 is 0 Å². The summed E-state index contributed by atoms with van der Waals surface area (Å²) in [5, 5.41) is 18.6. The molecule has 3 atom stereocenters. The van der Waals surface area contributed by atoms with Crippen LogP contribution in [0.3, 0.4) is 0 Å². The van der Waals surface area contributed by atoms with E-state index in [9.17, 15) is 19.2 Å². The summed E-state index contributed by atoms with van der Waals surface area (Å²) in [4.78, 5) is 61.3. The normalized spacial score (nSPS) is 14.4. The second-order valence-electron chi connectivity index (χ2n) is 16.5. The van der Waals surface area contributed by atoms with Crippen molar-refractivity contribution < 1.29 is 33.8 Å². The standard InChI is InChI=1S/C45H46N6O4.C8H8O3/c46-29-45(51-39-17-15-37-27-49-21-19-34(37)25-39,44(54)50-38-16-14-36-26-48-20-18-33(36)24-38)42(47)41(40(52)23-30-8-3-1-4-9-30)35-13-7-10-31(22-35)28-55-43(53)32-11-5-2-6-12-32;1-11-7-4-2-6(3-5-7)8(9)10/h1,3-4,7-10,13-22,24-27,32,41-42,51H,2,5-6,11-12,23,28-29,46-47H2,(H,50,54);2-5H,1H3,(H,9,10). The molecule has 7 N–H and O–H groups in total. The number of pyridine rings is 2. The fraction of sp³-hybridized carbons (Fsp3) is 0.245. The number of nitrogens with zero attached hydrogens (tertiary/aromatic N) is 2. The van der Waals surface area contributed by atoms with E-state index >= 15 is 0 Å². The smallest absolute Gasteiger partial charge is 0.335 e. The minimum atomic E-state index is -1.70. The summed E-state index contributed by atoms with van der Waals surface area (Å²) in [6, 6.07) is 36.8. The number of esters is 1. The Morgan fingerprint density at radius 2 is 1.38 bits per heavy atom. The van der Waals surface area contributed by atoms with Gasteiger partial charge in [-0.25, -0.2) is 4.79 Å². The van der Waals surface area contributed by atoms with Gasteiger partial charge in [0.25, 0.3) is 5.91 Å². The summed E-state index contributed by atoms with van der Waals surface area (Å²) in [6.07, 6.45) is 11.9. The topological polar surface area (TPSA) is 209 Å². The summed E-state index contributed by atoms with van der Waals surface area (Å²) in [5.41, 5.74) is 15.8. The lowest BCUT2D eigenvalue weighted by Crippen LogP contribution is -2.68. The second kappa shape index (κ2) is 21.9. The van der Waals surface area contributed by atoms with Crippen LogP contribution in [0.15, 0.2) is 152 Å². The monoisotopic (exact) mass is 886 g/mol. The number of rotatable bonds is 16. The van der Waals surface area contributed by atoms with E-state index in [0.29, 0.717) is 22.7 Å². The third-order valence-electron chi connectivity index (χ3n) is 12.1. The van der Waals surface area contributed by atoms with Crippen LogP contribution in [-0.4, -0.2) is 63.9 Å². The zero-order valence-corrected chi connectivity index (χ0v) is 36.8. The van der Waals surface area contributed by atoms with Crippen molar-refractivity contribution >= 4 is 56.5 Å². The minimum Gasteiger partial charge on any atom is -0.497 e. The van der Waals surface area contributed by atoms with E-state index in [-0.39, 0.29) is 42.8 Å². The highest BCUT2D eigenvalue weighted by molar-refractivity contribution is 6.04. The molecule has 0 saturated heterocycles. The third-order valence-corrected chi connectivity index (χ3v) is 12.1. The maximum atomic E-state index is 14.9. The molecule has 2 aromatic heterocycles. The largest absolute Gasteiger partial charge is 0.497 e. The Bertz CT molecular complexity index is 2780. The fourth-order valence-electron chi connectivity index (χ4n) is 8.40. The van der Waals surface area contributed by atoms with Gasteiger partial charge in [-0.1, -0.05) is 86.0 Å². The average molecular weight is 887 g/mol. The second-order valence-corrected chi connectivity index (χ2v) is 16.5. The van der Waals surface area contributed by atoms with Gasteiger partial charge in [0.1, 0.15) is 23.7 Å². The van der Waals surface area contributed by atoms with E-state index in [1.165, 1.54) is 19.2 Å². The maximum absolute atomic E-state index is 14.9. The molecule has 0 aliphatic heterocycles. The number of aromatic carboxylic acids is 1. The zero-order chi connectivity index (χ0) is 46.5. The molecular weight excluding hydrogens is 833 g/mol. The first-order chi connectivity index (χ1) is 32.1. The number of nitrogens with one attached hydrogen (secondary N) is 2. The van der Waals surface area contributed by atoms with Gasteiger partial charge in [0.05, 0.1) is 30.6 Å². The number of amides is 1. The predicted molar refractivity (Wildman–Crippen MR) is 256 cm³/mol. The molecule has 1 aliphatic carbocycles. The molecule has 5 aromatic carbocycles. The van der Waals surface area contributed by atoms with Crippen LogP contribution in [0.4, 0.5) is 11.4 Å². The third kappa shape index (κ3) is 11.4. The molecule has 0 radical (unpaired) electrons. The van der Waals surface area contributed by atoms with Gasteiger partial charge in [0.2, 0.25) is 0 Å². The number of anilines is 2. The number of Topliss-reactive ketones (excluding diaryl/α,β-unsaturated/α-hetero) is 1. The van der Waals surface area contributed by atoms with E-state index < -0.39 is 29.4 Å². The molecule has 3 unspecified atom stereocenters. The summed E-state index contributed by atoms with van der Waals surface area (Å²) < 4.78 is 10.7. The Morgan fingerprint density at radius 3 is 2.02 bits per heavy atom. The van der Waals surface area contributed by atoms with Gasteiger partial charge in [-0.15, -0.1) is 0 Å². The van der Waals surface area contributed by atoms with Crippen molar-refractivity contribution in [2.75, 3.05) is 24.3 Å². The first kappa shape index (κ1) is 46.5. The molecule has 0 spiro atoms. The number of carboxylic acid groups (broad SMARTS) is 1. The first-order valence-corrected chi connectivity index (χ1v) is 22.0. The van der Waals surface area contributed by atoms with Gasteiger partial charge in [0.15, 0.2) is 0 Å². The van der Waals surface area contributed by atoms with Crippen LogP contribution in [0.2, 0.25) is 0 Å². The molecule has 7 aromatic rings. The molecule has 1 saturated carbocycles. The lowest BCUT2D eigenvalue weighted by molar-refractivity contribution is -0.151. The first-order valence-electron chi connectivity index (χ1n) is 22.0. The van der Waals surface area contributed by atoms with Crippen molar-refractivity contribution in [2.24, 2.45) is 17.4 Å². The number of carboxylic acids is 1. The van der Waals surface area contributed by atoms with E-state index in [0.717, 1.165) is 64.8 Å². The Morgan fingerprint density at radius 1 is 0.742 bits per heavy atom. The molecule has 338 valence electrons. The van der Waals surface area contributed by atoms with Crippen LogP contribution in [0, 0.1) is 5.92 Å². The van der Waals surface area contributed by atoms with E-state index in [1.807, 2.05) is 97.1 Å². The van der Waals surface area contributed by atoms with Gasteiger partial charge in [-0.3, -0.25) is 24.4 Å². The van der Waals surface area contributed by atoms with Crippen molar-refractivity contribution in [3.05, 3.63) is 174 Å². The number of hydrogen-bond acceptors (Lipinski definition) is 11. The Kier molecular flexibility index (Phi) is 15.5. The number of methoxy groups -OCH3 is 1. The SMILES string of the molecule is COc1ccc(C(=O)O)cc1.NCC(Nc1ccc2cnccc2c1)(C(=O)Nc1ccc2cnccc2c1)C(N)C(C(=O)Cc1ccccc1)c1cccc(COC(=O)C2CCCCC2)c1. The Labute approximate surface area is 383 Å². The van der Waals surface area contributed by atoms with Gasteiger partial charge < -0.3 is 36.7 Å². The lowest BCUT2D eigenvalue weighted by atomic mass is 9.74. The van der Waals surface area contributed by atoms with Crippen LogP contribution in [0.1, 0.15) is 65.1 Å². The maximum Gasteiger partial charge on any atom is 0.335 e. The highest BCUT2D eigenvalue weighted by Gasteiger charge is 2.49. The number of ketones is 1. The molecule has 13 heteroatoms. The number of hydrogen-bond donors (Lipinski definition) is 5. The molecule has 66 heavy (non-hydrogen) atoms. The molecule has 8 rings (SSSR count). The highest BCUT2D eigenvalue weighted by atomic mass is 16.5. The average Bonchev–Trinajstić information content (AvgIpc) is 3.35. The van der Waals surface area contributed by atoms with Crippen molar-refractivity contribution in [1.29, 1.82) is 0 Å². The van der Waals surface area contributed by atoms with Crippen LogP contribution in [-0.2, 0) is 32.1 Å². The quantitative estimate of drug-likeness (QED) is 0.0579.